The van der Waals surface area contributed by atoms with Crippen molar-refractivity contribution in [3.8, 4) is 0 Å². The fraction of sp³-hybridized carbons (Fsp3) is 0.385. The van der Waals surface area contributed by atoms with Crippen LogP contribution in [0.4, 0.5) is 0 Å². The molecule has 0 amide bonds. The van der Waals surface area contributed by atoms with Gasteiger partial charge in [0.1, 0.15) is 0 Å². The van der Waals surface area contributed by atoms with E-state index in [2.05, 4.69) is 35.0 Å². The van der Waals surface area contributed by atoms with Gasteiger partial charge in [-0.25, -0.2) is 0 Å². The summed E-state index contributed by atoms with van der Waals surface area (Å²) >= 11 is 1.85. The first-order chi connectivity index (χ1) is 7.45. The van der Waals surface area contributed by atoms with Crippen LogP contribution in [0.25, 0.3) is 10.1 Å². The molecule has 1 fully saturated rings. The summed E-state index contributed by atoms with van der Waals surface area (Å²) in [4.78, 5) is 0. The fourth-order valence-corrected chi connectivity index (χ4v) is 3.33. The van der Waals surface area contributed by atoms with Gasteiger partial charge in [-0.1, -0.05) is 12.1 Å². The minimum absolute atomic E-state index is 0.768. The maximum absolute atomic E-state index is 3.43. The highest BCUT2D eigenvalue weighted by Gasteiger charge is 2.17. The van der Waals surface area contributed by atoms with Crippen LogP contribution in [0.3, 0.4) is 0 Å². The molecular weight excluding hydrogens is 202 g/mol. The summed E-state index contributed by atoms with van der Waals surface area (Å²) in [6.45, 7) is 2.34. The monoisotopic (exact) mass is 217 g/mol. The van der Waals surface area contributed by atoms with Crippen molar-refractivity contribution in [3.05, 3.63) is 35.2 Å². The Hall–Kier alpha value is -0.860. The Kier molecular flexibility index (Phi) is 2.47. The lowest BCUT2D eigenvalue weighted by Gasteiger charge is -2.23. The van der Waals surface area contributed by atoms with Crippen LogP contribution in [0.5, 0.6) is 0 Å². The zero-order valence-electron chi connectivity index (χ0n) is 8.70. The summed E-state index contributed by atoms with van der Waals surface area (Å²) in [5.74, 6) is 0.768. The molecule has 3 rings (SSSR count). The molecule has 1 N–H and O–H groups in total. The molecule has 0 saturated carbocycles. The maximum atomic E-state index is 3.43. The molecule has 0 spiro atoms. The third kappa shape index (κ3) is 1.68. The van der Waals surface area contributed by atoms with Crippen LogP contribution >= 0.6 is 11.3 Å². The summed E-state index contributed by atoms with van der Waals surface area (Å²) < 4.78 is 1.44. The highest BCUT2D eigenvalue weighted by molar-refractivity contribution is 7.17. The van der Waals surface area contributed by atoms with Gasteiger partial charge < -0.3 is 5.32 Å². The van der Waals surface area contributed by atoms with Crippen molar-refractivity contribution in [2.45, 2.75) is 18.8 Å². The number of rotatable bonds is 1. The SMILES string of the molecule is c1cc(C2CCNCC2)c2ccsc2c1. The number of thiophene rings is 1. The lowest BCUT2D eigenvalue weighted by Crippen LogP contribution is -2.26. The van der Waals surface area contributed by atoms with Crippen molar-refractivity contribution >= 4 is 21.4 Å². The second-order valence-electron chi connectivity index (χ2n) is 4.20. The van der Waals surface area contributed by atoms with Crippen LogP contribution in [-0.4, -0.2) is 13.1 Å². The predicted octanol–water partition coefficient (Wildman–Crippen LogP) is 3.37. The molecular formula is C13H15NS. The molecule has 1 aliphatic rings. The average molecular weight is 217 g/mol. The summed E-state index contributed by atoms with van der Waals surface area (Å²) in [6, 6.07) is 9.02. The summed E-state index contributed by atoms with van der Waals surface area (Å²) in [5.41, 5.74) is 1.57. The van der Waals surface area contributed by atoms with Crippen LogP contribution < -0.4 is 5.32 Å². The topological polar surface area (TPSA) is 12.0 Å². The van der Waals surface area contributed by atoms with Gasteiger partial charge in [0.15, 0.2) is 0 Å². The van der Waals surface area contributed by atoms with Crippen molar-refractivity contribution in [2.24, 2.45) is 0 Å². The van der Waals surface area contributed by atoms with Crippen LogP contribution in [0.2, 0.25) is 0 Å². The first kappa shape index (κ1) is 9.37. The molecule has 2 aromatic rings. The Balaban J connectivity index is 2.05. The van der Waals surface area contributed by atoms with Crippen LogP contribution in [0.15, 0.2) is 29.6 Å². The molecule has 1 aromatic carbocycles. The molecule has 2 heterocycles. The second-order valence-corrected chi connectivity index (χ2v) is 5.15. The average Bonchev–Trinajstić information content (AvgIpc) is 2.78. The highest BCUT2D eigenvalue weighted by atomic mass is 32.1. The van der Waals surface area contributed by atoms with E-state index in [4.69, 9.17) is 0 Å². The van der Waals surface area contributed by atoms with E-state index in [1.54, 1.807) is 5.56 Å². The van der Waals surface area contributed by atoms with Crippen LogP contribution in [0, 0.1) is 0 Å². The summed E-state index contributed by atoms with van der Waals surface area (Å²) in [7, 11) is 0. The van der Waals surface area contributed by atoms with Crippen molar-refractivity contribution in [1.29, 1.82) is 0 Å². The Labute approximate surface area is 94.1 Å². The van der Waals surface area contributed by atoms with Crippen molar-refractivity contribution < 1.29 is 0 Å². The molecule has 78 valence electrons. The zero-order valence-corrected chi connectivity index (χ0v) is 9.52. The number of piperidine rings is 1. The zero-order chi connectivity index (χ0) is 10.1. The van der Waals surface area contributed by atoms with Gasteiger partial charge in [0.25, 0.3) is 0 Å². The van der Waals surface area contributed by atoms with Gasteiger partial charge in [-0.15, -0.1) is 11.3 Å². The van der Waals surface area contributed by atoms with E-state index in [9.17, 15) is 0 Å². The van der Waals surface area contributed by atoms with Gasteiger partial charge in [0.2, 0.25) is 0 Å². The van der Waals surface area contributed by atoms with E-state index in [0.717, 1.165) is 5.92 Å². The Bertz CT molecular complexity index is 454. The Morgan fingerprint density at radius 2 is 2.00 bits per heavy atom. The number of hydrogen-bond donors (Lipinski definition) is 1. The highest BCUT2D eigenvalue weighted by Crippen LogP contribution is 2.33. The van der Waals surface area contributed by atoms with Gasteiger partial charge in [-0.3, -0.25) is 0 Å². The third-order valence-electron chi connectivity index (χ3n) is 3.31. The lowest BCUT2D eigenvalue weighted by atomic mass is 9.88. The maximum Gasteiger partial charge on any atom is 0.0345 e. The molecule has 0 atom stereocenters. The minimum atomic E-state index is 0.768. The standard InChI is InChI=1S/C13H15NS/c1-2-11(10-4-7-14-8-5-10)12-6-9-15-13(12)3-1/h1-3,6,9-10,14H,4-5,7-8H2. The van der Waals surface area contributed by atoms with Gasteiger partial charge in [-0.2, -0.15) is 0 Å². The normalized spacial score (nSPS) is 18.4. The molecule has 1 saturated heterocycles. The van der Waals surface area contributed by atoms with E-state index in [1.807, 2.05) is 11.3 Å². The first-order valence-electron chi connectivity index (χ1n) is 5.62. The number of benzene rings is 1. The molecule has 2 heteroatoms. The third-order valence-corrected chi connectivity index (χ3v) is 4.19. The first-order valence-corrected chi connectivity index (χ1v) is 6.50. The van der Waals surface area contributed by atoms with E-state index in [1.165, 1.54) is 36.0 Å². The summed E-state index contributed by atoms with van der Waals surface area (Å²) in [5, 5.41) is 7.11. The van der Waals surface area contributed by atoms with E-state index in [-0.39, 0.29) is 0 Å². The number of hydrogen-bond acceptors (Lipinski definition) is 2. The van der Waals surface area contributed by atoms with Gasteiger partial charge in [0, 0.05) is 4.70 Å². The van der Waals surface area contributed by atoms with E-state index >= 15 is 0 Å². The van der Waals surface area contributed by atoms with Crippen molar-refractivity contribution in [3.63, 3.8) is 0 Å². The smallest absolute Gasteiger partial charge is 0.0345 e. The van der Waals surface area contributed by atoms with Crippen molar-refractivity contribution in [2.75, 3.05) is 13.1 Å². The molecule has 15 heavy (non-hydrogen) atoms. The van der Waals surface area contributed by atoms with Crippen LogP contribution in [-0.2, 0) is 0 Å². The van der Waals surface area contributed by atoms with Gasteiger partial charge >= 0.3 is 0 Å². The summed E-state index contributed by atoms with van der Waals surface area (Å²) in [6.07, 6.45) is 2.57. The minimum Gasteiger partial charge on any atom is -0.317 e. The van der Waals surface area contributed by atoms with E-state index < -0.39 is 0 Å². The molecule has 0 bridgehead atoms. The van der Waals surface area contributed by atoms with Crippen molar-refractivity contribution in [1.82, 2.24) is 5.32 Å². The Morgan fingerprint density at radius 1 is 1.13 bits per heavy atom. The van der Waals surface area contributed by atoms with Gasteiger partial charge in [0.05, 0.1) is 0 Å². The number of nitrogens with one attached hydrogen (secondary N) is 1. The predicted molar refractivity (Wildman–Crippen MR) is 66.7 cm³/mol. The lowest BCUT2D eigenvalue weighted by molar-refractivity contribution is 0.462. The molecule has 0 unspecified atom stereocenters. The molecule has 1 aliphatic heterocycles. The quantitative estimate of drug-likeness (QED) is 0.772. The fourth-order valence-electron chi connectivity index (χ4n) is 2.51. The molecule has 0 radical (unpaired) electrons. The second kappa shape index (κ2) is 3.95. The Morgan fingerprint density at radius 3 is 2.87 bits per heavy atom. The van der Waals surface area contributed by atoms with Crippen LogP contribution in [0.1, 0.15) is 24.3 Å². The van der Waals surface area contributed by atoms with Gasteiger partial charge in [-0.05, 0) is 60.3 Å². The van der Waals surface area contributed by atoms with E-state index in [0.29, 0.717) is 0 Å². The molecule has 1 nitrogen and oxygen atoms in total. The molecule has 1 aromatic heterocycles. The molecule has 0 aliphatic carbocycles. The largest absolute Gasteiger partial charge is 0.317 e. The number of fused-ring (bicyclic) bond motifs is 1.